The Balaban J connectivity index is 2.80. The summed E-state index contributed by atoms with van der Waals surface area (Å²) in [6.07, 6.45) is 1.47. The molecule has 2 aromatic rings. The fourth-order valence-corrected chi connectivity index (χ4v) is 1.17. The lowest BCUT2D eigenvalue weighted by molar-refractivity contribution is 0.453. The average molecular weight is 166 g/mol. The maximum Gasteiger partial charge on any atom is 0.171 e. The van der Waals surface area contributed by atoms with E-state index in [9.17, 15) is 4.39 Å². The van der Waals surface area contributed by atoms with Crippen molar-refractivity contribution in [1.82, 2.24) is 5.16 Å². The summed E-state index contributed by atoms with van der Waals surface area (Å²) >= 11 is 0. The van der Waals surface area contributed by atoms with Crippen molar-refractivity contribution < 1.29 is 8.91 Å². The molecule has 0 aliphatic heterocycles. The first-order valence-electron chi connectivity index (χ1n) is 3.54. The smallest absolute Gasteiger partial charge is 0.171 e. The largest absolute Gasteiger partial charge is 0.356 e. The Kier molecular flexibility index (Phi) is 1.55. The van der Waals surface area contributed by atoms with Gasteiger partial charge in [-0.25, -0.2) is 4.39 Å². The Bertz CT molecular complexity index is 410. The van der Waals surface area contributed by atoms with E-state index in [0.29, 0.717) is 16.5 Å². The molecule has 4 heteroatoms. The van der Waals surface area contributed by atoms with Gasteiger partial charge in [0, 0.05) is 17.5 Å². The van der Waals surface area contributed by atoms with Gasteiger partial charge in [0.1, 0.15) is 5.82 Å². The van der Waals surface area contributed by atoms with Crippen molar-refractivity contribution in [2.45, 2.75) is 6.54 Å². The van der Waals surface area contributed by atoms with Crippen LogP contribution in [0.15, 0.2) is 22.9 Å². The first kappa shape index (κ1) is 7.24. The Labute approximate surface area is 67.9 Å². The summed E-state index contributed by atoms with van der Waals surface area (Å²) in [6.45, 7) is 0.253. The predicted octanol–water partition coefficient (Wildman–Crippen LogP) is 1.43. The second-order valence-corrected chi connectivity index (χ2v) is 2.51. The van der Waals surface area contributed by atoms with Gasteiger partial charge in [0.25, 0.3) is 0 Å². The van der Waals surface area contributed by atoms with Crippen LogP contribution in [0.3, 0.4) is 0 Å². The number of aromatic nitrogens is 1. The highest BCUT2D eigenvalue weighted by molar-refractivity contribution is 5.79. The molecule has 3 nitrogen and oxygen atoms in total. The fourth-order valence-electron chi connectivity index (χ4n) is 1.17. The molecule has 0 saturated carbocycles. The van der Waals surface area contributed by atoms with Gasteiger partial charge in [-0.3, -0.25) is 0 Å². The minimum absolute atomic E-state index is 0.253. The molecule has 0 radical (unpaired) electrons. The lowest BCUT2D eigenvalue weighted by Crippen LogP contribution is -1.97. The Morgan fingerprint density at radius 3 is 3.08 bits per heavy atom. The number of nitrogens with two attached hydrogens (primary N) is 1. The van der Waals surface area contributed by atoms with E-state index >= 15 is 0 Å². The highest BCUT2D eigenvalue weighted by Gasteiger charge is 2.06. The van der Waals surface area contributed by atoms with Crippen molar-refractivity contribution in [3.63, 3.8) is 0 Å². The topological polar surface area (TPSA) is 52.0 Å². The molecule has 12 heavy (non-hydrogen) atoms. The number of fused-ring (bicyclic) bond motifs is 1. The molecule has 1 aromatic carbocycles. The Hall–Kier alpha value is -1.42. The van der Waals surface area contributed by atoms with E-state index in [1.54, 1.807) is 0 Å². The Morgan fingerprint density at radius 2 is 2.33 bits per heavy atom. The number of nitrogens with zero attached hydrogens (tertiary/aromatic N) is 1. The van der Waals surface area contributed by atoms with Crippen LogP contribution in [0.2, 0.25) is 0 Å². The second-order valence-electron chi connectivity index (χ2n) is 2.51. The van der Waals surface area contributed by atoms with Crippen LogP contribution < -0.4 is 5.73 Å². The lowest BCUT2D eigenvalue weighted by atomic mass is 10.1. The van der Waals surface area contributed by atoms with Gasteiger partial charge in [-0.05, 0) is 12.1 Å². The van der Waals surface area contributed by atoms with Gasteiger partial charge in [0.05, 0.1) is 6.20 Å². The third-order valence-corrected chi connectivity index (χ3v) is 1.72. The zero-order chi connectivity index (χ0) is 8.55. The van der Waals surface area contributed by atoms with Crippen molar-refractivity contribution in [1.29, 1.82) is 0 Å². The fraction of sp³-hybridized carbons (Fsp3) is 0.125. The van der Waals surface area contributed by atoms with Gasteiger partial charge < -0.3 is 10.3 Å². The van der Waals surface area contributed by atoms with Gasteiger partial charge >= 0.3 is 0 Å². The Morgan fingerprint density at radius 1 is 1.50 bits per heavy atom. The molecule has 2 N–H and O–H groups in total. The van der Waals surface area contributed by atoms with Gasteiger partial charge in [-0.1, -0.05) is 5.16 Å². The van der Waals surface area contributed by atoms with E-state index in [4.69, 9.17) is 10.3 Å². The van der Waals surface area contributed by atoms with Crippen LogP contribution in [0.25, 0.3) is 11.0 Å². The van der Waals surface area contributed by atoms with Gasteiger partial charge in [-0.15, -0.1) is 0 Å². The molecule has 2 rings (SSSR count). The van der Waals surface area contributed by atoms with Crippen LogP contribution in [0.4, 0.5) is 4.39 Å². The molecule has 0 spiro atoms. The molecule has 62 valence electrons. The molecule has 0 atom stereocenters. The maximum atomic E-state index is 12.8. The molecular formula is C8H7FN2O. The molecule has 0 unspecified atom stereocenters. The zero-order valence-corrected chi connectivity index (χ0v) is 6.25. The van der Waals surface area contributed by atoms with E-state index in [2.05, 4.69) is 5.16 Å². The minimum Gasteiger partial charge on any atom is -0.356 e. The van der Waals surface area contributed by atoms with Crippen LogP contribution in [0.5, 0.6) is 0 Å². The normalized spacial score (nSPS) is 10.8. The summed E-state index contributed by atoms with van der Waals surface area (Å²) < 4.78 is 17.7. The standard InChI is InChI=1S/C8H7FN2O/c9-7-1-5(3-10)8-6(2-7)4-11-12-8/h1-2,4H,3,10H2. The van der Waals surface area contributed by atoms with Crippen molar-refractivity contribution in [3.05, 3.63) is 29.7 Å². The van der Waals surface area contributed by atoms with E-state index in [-0.39, 0.29) is 12.4 Å². The molecule has 0 aliphatic rings. The summed E-state index contributed by atoms with van der Waals surface area (Å²) in [5.41, 5.74) is 6.60. The monoisotopic (exact) mass is 166 g/mol. The van der Waals surface area contributed by atoms with Crippen molar-refractivity contribution in [2.75, 3.05) is 0 Å². The quantitative estimate of drug-likeness (QED) is 0.697. The van der Waals surface area contributed by atoms with Gasteiger partial charge in [0.15, 0.2) is 5.58 Å². The van der Waals surface area contributed by atoms with Crippen LogP contribution >= 0.6 is 0 Å². The number of halogens is 1. The van der Waals surface area contributed by atoms with Crippen molar-refractivity contribution in [2.24, 2.45) is 5.73 Å². The third-order valence-electron chi connectivity index (χ3n) is 1.72. The predicted molar refractivity (Wildman–Crippen MR) is 41.9 cm³/mol. The van der Waals surface area contributed by atoms with E-state index in [1.165, 1.54) is 18.3 Å². The highest BCUT2D eigenvalue weighted by atomic mass is 19.1. The van der Waals surface area contributed by atoms with Crippen molar-refractivity contribution >= 4 is 11.0 Å². The maximum absolute atomic E-state index is 12.8. The molecule has 1 aromatic heterocycles. The third kappa shape index (κ3) is 0.967. The summed E-state index contributed by atoms with van der Waals surface area (Å²) in [4.78, 5) is 0. The molecule has 0 saturated heterocycles. The van der Waals surface area contributed by atoms with Gasteiger partial charge in [0.2, 0.25) is 0 Å². The minimum atomic E-state index is -0.314. The van der Waals surface area contributed by atoms with Crippen LogP contribution in [-0.2, 0) is 6.54 Å². The van der Waals surface area contributed by atoms with Crippen LogP contribution in [0, 0.1) is 5.82 Å². The molecule has 0 bridgehead atoms. The summed E-state index contributed by atoms with van der Waals surface area (Å²) in [5, 5.41) is 4.20. The van der Waals surface area contributed by atoms with Crippen molar-refractivity contribution in [3.8, 4) is 0 Å². The number of hydrogen-bond acceptors (Lipinski definition) is 3. The van der Waals surface area contributed by atoms with E-state index in [0.717, 1.165) is 0 Å². The second kappa shape index (κ2) is 2.57. The van der Waals surface area contributed by atoms with Crippen LogP contribution in [0.1, 0.15) is 5.56 Å². The molecule has 0 aliphatic carbocycles. The molecule has 0 amide bonds. The number of benzene rings is 1. The number of hydrogen-bond donors (Lipinski definition) is 1. The number of rotatable bonds is 1. The summed E-state index contributed by atoms with van der Waals surface area (Å²) in [7, 11) is 0. The van der Waals surface area contributed by atoms with E-state index < -0.39 is 0 Å². The summed E-state index contributed by atoms with van der Waals surface area (Å²) in [6, 6.07) is 2.72. The van der Waals surface area contributed by atoms with E-state index in [1.807, 2.05) is 0 Å². The SMILES string of the molecule is NCc1cc(F)cc2cnoc12. The molecular weight excluding hydrogens is 159 g/mol. The zero-order valence-electron chi connectivity index (χ0n) is 6.25. The first-order valence-corrected chi connectivity index (χ1v) is 3.54. The lowest BCUT2D eigenvalue weighted by Gasteiger charge is -1.96. The first-order chi connectivity index (χ1) is 5.81. The molecule has 0 fully saturated rings. The molecule has 1 heterocycles. The highest BCUT2D eigenvalue weighted by Crippen LogP contribution is 2.19. The summed E-state index contributed by atoms with van der Waals surface area (Å²) in [5.74, 6) is -0.314. The van der Waals surface area contributed by atoms with Gasteiger partial charge in [-0.2, -0.15) is 0 Å². The average Bonchev–Trinajstić information content (AvgIpc) is 2.50. The van der Waals surface area contributed by atoms with Crippen LogP contribution in [-0.4, -0.2) is 5.16 Å².